The fourth-order valence-corrected chi connectivity index (χ4v) is 4.30. The number of amides is 1. The summed E-state index contributed by atoms with van der Waals surface area (Å²) in [5.41, 5.74) is 1.27. The van der Waals surface area contributed by atoms with Gasteiger partial charge in [0.05, 0.1) is 4.90 Å². The number of nitrogens with zero attached hydrogens (tertiary/aromatic N) is 3. The summed E-state index contributed by atoms with van der Waals surface area (Å²) < 4.78 is 32.0. The van der Waals surface area contributed by atoms with Gasteiger partial charge in [-0.2, -0.15) is 4.31 Å². The average molecular weight is 363 g/mol. The average Bonchev–Trinajstić information content (AvgIpc) is 2.86. The van der Waals surface area contributed by atoms with E-state index < -0.39 is 10.0 Å². The SMILES string of the molecule is Cc1ccc(S(=O)(=O)N2CCCN(C(=O)c3cc(C)on3)CC2)cc1. The van der Waals surface area contributed by atoms with Gasteiger partial charge in [0.25, 0.3) is 5.91 Å². The van der Waals surface area contributed by atoms with E-state index in [1.807, 2.05) is 6.92 Å². The lowest BCUT2D eigenvalue weighted by molar-refractivity contribution is 0.0754. The van der Waals surface area contributed by atoms with Gasteiger partial charge < -0.3 is 9.42 Å². The van der Waals surface area contributed by atoms with Crippen LogP contribution < -0.4 is 0 Å². The summed E-state index contributed by atoms with van der Waals surface area (Å²) in [6.45, 7) is 5.11. The Kier molecular flexibility index (Phi) is 4.91. The van der Waals surface area contributed by atoms with E-state index in [-0.39, 0.29) is 23.0 Å². The molecular formula is C17H21N3O4S. The second kappa shape index (κ2) is 6.97. The van der Waals surface area contributed by atoms with Gasteiger partial charge in [0, 0.05) is 32.2 Å². The molecule has 0 spiro atoms. The Morgan fingerprint density at radius 3 is 2.44 bits per heavy atom. The Balaban J connectivity index is 1.73. The van der Waals surface area contributed by atoms with Crippen LogP contribution in [0.5, 0.6) is 0 Å². The molecule has 25 heavy (non-hydrogen) atoms. The van der Waals surface area contributed by atoms with Crippen molar-refractivity contribution in [3.05, 3.63) is 47.3 Å². The van der Waals surface area contributed by atoms with Crippen LogP contribution in [0.3, 0.4) is 0 Å². The predicted molar refractivity (Wildman–Crippen MR) is 91.7 cm³/mol. The Morgan fingerprint density at radius 2 is 1.80 bits per heavy atom. The van der Waals surface area contributed by atoms with E-state index in [4.69, 9.17) is 4.52 Å². The molecule has 3 rings (SSSR count). The summed E-state index contributed by atoms with van der Waals surface area (Å²) in [6, 6.07) is 8.40. The van der Waals surface area contributed by atoms with E-state index in [9.17, 15) is 13.2 Å². The highest BCUT2D eigenvalue weighted by atomic mass is 32.2. The Hall–Kier alpha value is -2.19. The molecule has 134 valence electrons. The van der Waals surface area contributed by atoms with Crippen molar-refractivity contribution in [2.75, 3.05) is 26.2 Å². The van der Waals surface area contributed by atoms with E-state index in [2.05, 4.69) is 5.16 Å². The first kappa shape index (κ1) is 17.6. The van der Waals surface area contributed by atoms with Crippen LogP contribution in [0.15, 0.2) is 39.8 Å². The van der Waals surface area contributed by atoms with Gasteiger partial charge >= 0.3 is 0 Å². The Labute approximate surface area is 147 Å². The van der Waals surface area contributed by atoms with Crippen LogP contribution in [0.4, 0.5) is 0 Å². The number of hydrogen-bond acceptors (Lipinski definition) is 5. The molecule has 0 saturated carbocycles. The number of sulfonamides is 1. The number of aryl methyl sites for hydroxylation is 2. The summed E-state index contributed by atoms with van der Waals surface area (Å²) in [4.78, 5) is 14.4. The van der Waals surface area contributed by atoms with Gasteiger partial charge in [-0.05, 0) is 32.4 Å². The maximum absolute atomic E-state index is 12.8. The lowest BCUT2D eigenvalue weighted by Crippen LogP contribution is -2.37. The lowest BCUT2D eigenvalue weighted by Gasteiger charge is -2.21. The zero-order valence-corrected chi connectivity index (χ0v) is 15.1. The van der Waals surface area contributed by atoms with Crippen molar-refractivity contribution in [1.29, 1.82) is 0 Å². The molecule has 1 aliphatic heterocycles. The van der Waals surface area contributed by atoms with Gasteiger partial charge in [0.2, 0.25) is 10.0 Å². The molecule has 2 heterocycles. The fourth-order valence-electron chi connectivity index (χ4n) is 2.83. The van der Waals surface area contributed by atoms with Crippen molar-refractivity contribution >= 4 is 15.9 Å². The summed E-state index contributed by atoms with van der Waals surface area (Å²) in [7, 11) is -3.55. The fraction of sp³-hybridized carbons (Fsp3) is 0.412. The van der Waals surface area contributed by atoms with Crippen LogP contribution >= 0.6 is 0 Å². The van der Waals surface area contributed by atoms with Gasteiger partial charge in [0.15, 0.2) is 5.69 Å². The third-order valence-electron chi connectivity index (χ3n) is 4.25. The molecule has 7 nitrogen and oxygen atoms in total. The normalized spacial score (nSPS) is 16.6. The minimum absolute atomic E-state index is 0.230. The summed E-state index contributed by atoms with van der Waals surface area (Å²) >= 11 is 0. The third-order valence-corrected chi connectivity index (χ3v) is 6.16. The minimum atomic E-state index is -3.55. The monoisotopic (exact) mass is 363 g/mol. The van der Waals surface area contributed by atoms with Gasteiger partial charge in [0.1, 0.15) is 5.76 Å². The second-order valence-corrected chi connectivity index (χ2v) is 8.12. The van der Waals surface area contributed by atoms with Crippen LogP contribution in [-0.2, 0) is 10.0 Å². The van der Waals surface area contributed by atoms with Crippen LogP contribution in [0.2, 0.25) is 0 Å². The van der Waals surface area contributed by atoms with Gasteiger partial charge in [-0.1, -0.05) is 22.9 Å². The predicted octanol–water partition coefficient (Wildman–Crippen LogP) is 1.83. The molecule has 1 saturated heterocycles. The molecule has 1 aromatic carbocycles. The molecule has 1 aromatic heterocycles. The topological polar surface area (TPSA) is 83.7 Å². The molecular weight excluding hydrogens is 342 g/mol. The Bertz CT molecular complexity index is 858. The Morgan fingerprint density at radius 1 is 1.08 bits per heavy atom. The van der Waals surface area contributed by atoms with Crippen molar-refractivity contribution in [1.82, 2.24) is 14.4 Å². The highest BCUT2D eigenvalue weighted by Gasteiger charge is 2.29. The van der Waals surface area contributed by atoms with Crippen molar-refractivity contribution < 1.29 is 17.7 Å². The molecule has 0 radical (unpaired) electrons. The number of rotatable bonds is 3. The lowest BCUT2D eigenvalue weighted by atomic mass is 10.2. The van der Waals surface area contributed by atoms with Crippen LogP contribution in [0, 0.1) is 13.8 Å². The van der Waals surface area contributed by atoms with Crippen molar-refractivity contribution in [3.63, 3.8) is 0 Å². The molecule has 1 fully saturated rings. The quantitative estimate of drug-likeness (QED) is 0.831. The number of carbonyl (C=O) groups is 1. The smallest absolute Gasteiger partial charge is 0.276 e. The standard InChI is InChI=1S/C17H21N3O4S/c1-13-4-6-15(7-5-13)25(22,23)20-9-3-8-19(10-11-20)17(21)16-12-14(2)24-18-16/h4-7,12H,3,8-11H2,1-2H3. The van der Waals surface area contributed by atoms with Gasteiger partial charge in [-0.15, -0.1) is 0 Å². The van der Waals surface area contributed by atoms with Gasteiger partial charge in [-0.25, -0.2) is 8.42 Å². The first-order valence-electron chi connectivity index (χ1n) is 8.17. The second-order valence-electron chi connectivity index (χ2n) is 6.19. The van der Waals surface area contributed by atoms with E-state index in [1.165, 1.54) is 4.31 Å². The molecule has 0 aliphatic carbocycles. The van der Waals surface area contributed by atoms with Crippen LogP contribution in [0.1, 0.15) is 28.2 Å². The highest BCUT2D eigenvalue weighted by molar-refractivity contribution is 7.89. The third kappa shape index (κ3) is 3.74. The van der Waals surface area contributed by atoms with Crippen LogP contribution in [0.25, 0.3) is 0 Å². The van der Waals surface area contributed by atoms with E-state index >= 15 is 0 Å². The molecule has 8 heteroatoms. The first-order chi connectivity index (χ1) is 11.9. The minimum Gasteiger partial charge on any atom is -0.361 e. The molecule has 0 bridgehead atoms. The zero-order valence-electron chi connectivity index (χ0n) is 14.3. The maximum Gasteiger partial charge on any atom is 0.276 e. The maximum atomic E-state index is 12.8. The summed E-state index contributed by atoms with van der Waals surface area (Å²) in [6.07, 6.45) is 0.577. The van der Waals surface area contributed by atoms with E-state index in [0.29, 0.717) is 31.8 Å². The van der Waals surface area contributed by atoms with Crippen molar-refractivity contribution in [2.45, 2.75) is 25.2 Å². The molecule has 1 aliphatic rings. The molecule has 2 aromatic rings. The molecule has 1 amide bonds. The first-order valence-corrected chi connectivity index (χ1v) is 9.61. The molecule has 0 unspecified atom stereocenters. The number of benzene rings is 1. The van der Waals surface area contributed by atoms with Crippen molar-refractivity contribution in [2.24, 2.45) is 0 Å². The molecule has 0 N–H and O–H groups in total. The number of carbonyl (C=O) groups excluding carboxylic acids is 1. The number of aromatic nitrogens is 1. The van der Waals surface area contributed by atoms with Gasteiger partial charge in [-0.3, -0.25) is 4.79 Å². The summed E-state index contributed by atoms with van der Waals surface area (Å²) in [5.74, 6) is 0.341. The van der Waals surface area contributed by atoms with E-state index in [0.717, 1.165) is 5.56 Å². The molecule has 0 atom stereocenters. The largest absolute Gasteiger partial charge is 0.361 e. The van der Waals surface area contributed by atoms with E-state index in [1.54, 1.807) is 42.2 Å². The zero-order chi connectivity index (χ0) is 18.0. The number of hydrogen-bond donors (Lipinski definition) is 0. The van der Waals surface area contributed by atoms with Crippen molar-refractivity contribution in [3.8, 4) is 0 Å². The highest BCUT2D eigenvalue weighted by Crippen LogP contribution is 2.19. The summed E-state index contributed by atoms with van der Waals surface area (Å²) in [5, 5.41) is 3.75. The van der Waals surface area contributed by atoms with Crippen LogP contribution in [-0.4, -0.2) is 54.9 Å².